The number of nitrogens with zero attached hydrogens (tertiary/aromatic N) is 2. The molecule has 170 valence electrons. The molecule has 0 spiro atoms. The van der Waals surface area contributed by atoms with E-state index in [-0.39, 0.29) is 30.3 Å². The number of ether oxygens (including phenoxy) is 3. The number of methoxy groups -OCH3 is 1. The first-order chi connectivity index (χ1) is 16.2. The summed E-state index contributed by atoms with van der Waals surface area (Å²) in [5.74, 6) is 1.22. The molecule has 9 nitrogen and oxygen atoms in total. The van der Waals surface area contributed by atoms with E-state index in [0.29, 0.717) is 19.2 Å². The van der Waals surface area contributed by atoms with Gasteiger partial charge in [0.05, 0.1) is 38.1 Å². The Morgan fingerprint density at radius 2 is 1.70 bits per heavy atom. The first-order valence-corrected chi connectivity index (χ1v) is 10.8. The molecule has 2 aliphatic rings. The van der Waals surface area contributed by atoms with E-state index in [9.17, 15) is 4.79 Å². The molecule has 3 N–H and O–H groups in total. The Hall–Kier alpha value is -3.69. The molecule has 33 heavy (non-hydrogen) atoms. The number of aromatic nitrogens is 2. The van der Waals surface area contributed by atoms with Crippen LogP contribution in [0.4, 0.5) is 16.4 Å². The monoisotopic (exact) mass is 447 g/mol. The Bertz CT molecular complexity index is 1110. The summed E-state index contributed by atoms with van der Waals surface area (Å²) in [7, 11) is 1.64. The quantitative estimate of drug-likeness (QED) is 0.533. The fourth-order valence-corrected chi connectivity index (χ4v) is 4.20. The van der Waals surface area contributed by atoms with Crippen LogP contribution < -0.4 is 20.7 Å². The van der Waals surface area contributed by atoms with Crippen LogP contribution in [0.25, 0.3) is 11.3 Å². The van der Waals surface area contributed by atoms with Crippen molar-refractivity contribution in [3.8, 4) is 17.0 Å². The number of hydrogen-bond acceptors (Lipinski definition) is 7. The lowest BCUT2D eigenvalue weighted by Crippen LogP contribution is -2.46. The zero-order valence-corrected chi connectivity index (χ0v) is 18.1. The fraction of sp³-hybridized carbons (Fsp3) is 0.292. The van der Waals surface area contributed by atoms with Gasteiger partial charge in [-0.15, -0.1) is 0 Å². The maximum Gasteiger partial charge on any atom is 0.319 e. The largest absolute Gasteiger partial charge is 0.496 e. The molecule has 2 amide bonds. The normalized spacial score (nSPS) is 23.5. The third-order valence-electron chi connectivity index (χ3n) is 5.75. The van der Waals surface area contributed by atoms with Gasteiger partial charge in [0.2, 0.25) is 5.95 Å². The standard InChI is InChI=1S/C24H25N5O4/c1-31-20-10-6-5-9-16(20)17-11-12-25-23(27-17)28-18-13-32-22-19(14-33-21(18)22)29-24(30)26-15-7-3-2-4-8-15/h2-12,18-19,21-22H,13-14H2,1H3,(H,25,27,28)(H2,26,29,30). The van der Waals surface area contributed by atoms with E-state index in [1.807, 2.05) is 60.7 Å². The minimum absolute atomic E-state index is 0.132. The summed E-state index contributed by atoms with van der Waals surface area (Å²) < 4.78 is 17.4. The van der Waals surface area contributed by atoms with E-state index in [4.69, 9.17) is 14.2 Å². The Balaban J connectivity index is 1.22. The van der Waals surface area contributed by atoms with Crippen molar-refractivity contribution < 1.29 is 19.0 Å². The van der Waals surface area contributed by atoms with Crippen molar-refractivity contribution in [2.24, 2.45) is 0 Å². The second kappa shape index (κ2) is 9.43. The van der Waals surface area contributed by atoms with Crippen molar-refractivity contribution in [3.63, 3.8) is 0 Å². The molecule has 0 radical (unpaired) electrons. The van der Waals surface area contributed by atoms with E-state index in [1.54, 1.807) is 13.3 Å². The van der Waals surface area contributed by atoms with Crippen molar-refractivity contribution in [2.75, 3.05) is 31.0 Å². The average molecular weight is 447 g/mol. The Labute approximate surface area is 191 Å². The highest BCUT2D eigenvalue weighted by atomic mass is 16.6. The number of hydrogen-bond donors (Lipinski definition) is 3. The molecule has 0 bridgehead atoms. The third-order valence-corrected chi connectivity index (χ3v) is 5.75. The number of fused-ring (bicyclic) bond motifs is 1. The summed E-state index contributed by atoms with van der Waals surface area (Å²) in [4.78, 5) is 21.4. The first-order valence-electron chi connectivity index (χ1n) is 10.8. The zero-order chi connectivity index (χ0) is 22.6. The van der Waals surface area contributed by atoms with Gasteiger partial charge in [-0.1, -0.05) is 30.3 Å². The molecule has 9 heteroatoms. The minimum atomic E-state index is -0.289. The maximum absolute atomic E-state index is 12.4. The fourth-order valence-electron chi connectivity index (χ4n) is 4.20. The number of para-hydroxylation sites is 2. The van der Waals surface area contributed by atoms with Crippen molar-refractivity contribution in [2.45, 2.75) is 24.3 Å². The minimum Gasteiger partial charge on any atom is -0.496 e. The SMILES string of the molecule is COc1ccccc1-c1ccnc(NC2COC3C(NC(=O)Nc4ccccc4)COC23)n1. The van der Waals surface area contributed by atoms with Crippen LogP contribution in [-0.4, -0.2) is 60.6 Å². The van der Waals surface area contributed by atoms with E-state index >= 15 is 0 Å². The molecule has 4 atom stereocenters. The molecule has 3 aromatic rings. The maximum atomic E-state index is 12.4. The highest BCUT2D eigenvalue weighted by Gasteiger charge is 2.48. The van der Waals surface area contributed by atoms with Crippen LogP contribution in [0.15, 0.2) is 66.9 Å². The van der Waals surface area contributed by atoms with Crippen LogP contribution in [0.5, 0.6) is 5.75 Å². The summed E-state index contributed by atoms with van der Waals surface area (Å²) >= 11 is 0. The Kier molecular flexibility index (Phi) is 6.05. The van der Waals surface area contributed by atoms with Gasteiger partial charge in [0.1, 0.15) is 18.0 Å². The number of anilines is 2. The van der Waals surface area contributed by atoms with Crippen LogP contribution in [0, 0.1) is 0 Å². The third kappa shape index (κ3) is 4.59. The lowest BCUT2D eigenvalue weighted by molar-refractivity contribution is 0.0683. The Morgan fingerprint density at radius 3 is 2.52 bits per heavy atom. The molecular weight excluding hydrogens is 422 g/mol. The lowest BCUT2D eigenvalue weighted by Gasteiger charge is -2.19. The van der Waals surface area contributed by atoms with E-state index in [1.165, 1.54) is 0 Å². The molecular formula is C24H25N5O4. The molecule has 0 saturated carbocycles. The van der Waals surface area contributed by atoms with Gasteiger partial charge in [0, 0.05) is 17.4 Å². The van der Waals surface area contributed by atoms with Crippen LogP contribution in [0.3, 0.4) is 0 Å². The van der Waals surface area contributed by atoms with Crippen LogP contribution in [-0.2, 0) is 9.47 Å². The van der Waals surface area contributed by atoms with Gasteiger partial charge < -0.3 is 30.2 Å². The second-order valence-corrected chi connectivity index (χ2v) is 7.88. The van der Waals surface area contributed by atoms with Crippen LogP contribution in [0.1, 0.15) is 0 Å². The van der Waals surface area contributed by atoms with Gasteiger partial charge in [-0.25, -0.2) is 14.8 Å². The molecule has 0 aliphatic carbocycles. The lowest BCUT2D eigenvalue weighted by atomic mass is 10.1. The van der Waals surface area contributed by atoms with E-state index in [0.717, 1.165) is 22.7 Å². The smallest absolute Gasteiger partial charge is 0.319 e. The van der Waals surface area contributed by atoms with Crippen molar-refractivity contribution in [3.05, 3.63) is 66.9 Å². The van der Waals surface area contributed by atoms with Gasteiger partial charge in [0.25, 0.3) is 0 Å². The first kappa shape index (κ1) is 21.2. The number of rotatable bonds is 6. The molecule has 2 fully saturated rings. The summed E-state index contributed by atoms with van der Waals surface area (Å²) in [6.45, 7) is 0.800. The van der Waals surface area contributed by atoms with E-state index in [2.05, 4.69) is 25.9 Å². The highest BCUT2D eigenvalue weighted by Crippen LogP contribution is 2.31. The number of amides is 2. The van der Waals surface area contributed by atoms with Crippen molar-refractivity contribution in [1.29, 1.82) is 0 Å². The number of carbonyl (C=O) groups is 1. The van der Waals surface area contributed by atoms with E-state index < -0.39 is 0 Å². The predicted octanol–water partition coefficient (Wildman–Crippen LogP) is 2.92. The summed E-state index contributed by atoms with van der Waals surface area (Å²) in [6.07, 6.45) is 1.24. The van der Waals surface area contributed by atoms with Gasteiger partial charge in [-0.3, -0.25) is 0 Å². The predicted molar refractivity (Wildman–Crippen MR) is 123 cm³/mol. The Morgan fingerprint density at radius 1 is 0.970 bits per heavy atom. The summed E-state index contributed by atoms with van der Waals surface area (Å²) in [5, 5.41) is 9.11. The van der Waals surface area contributed by atoms with Gasteiger partial charge >= 0.3 is 6.03 Å². The molecule has 2 saturated heterocycles. The average Bonchev–Trinajstić information content (AvgIpc) is 3.43. The van der Waals surface area contributed by atoms with Gasteiger partial charge in [-0.05, 0) is 30.3 Å². The summed E-state index contributed by atoms with van der Waals surface area (Å²) in [6, 6.07) is 18.2. The zero-order valence-electron chi connectivity index (χ0n) is 18.1. The van der Waals surface area contributed by atoms with Crippen molar-refractivity contribution in [1.82, 2.24) is 15.3 Å². The van der Waals surface area contributed by atoms with Gasteiger partial charge in [0.15, 0.2) is 0 Å². The summed E-state index contributed by atoms with van der Waals surface area (Å²) in [5.41, 5.74) is 2.37. The van der Waals surface area contributed by atoms with Crippen molar-refractivity contribution >= 4 is 17.7 Å². The number of carbonyl (C=O) groups excluding carboxylic acids is 1. The molecule has 4 unspecified atom stereocenters. The van der Waals surface area contributed by atoms with Crippen LogP contribution >= 0.6 is 0 Å². The number of benzene rings is 2. The second-order valence-electron chi connectivity index (χ2n) is 7.88. The molecule has 1 aromatic heterocycles. The molecule has 5 rings (SSSR count). The number of nitrogens with one attached hydrogen (secondary N) is 3. The topological polar surface area (TPSA) is 107 Å². The molecule has 2 aliphatic heterocycles. The molecule has 2 aromatic carbocycles. The van der Waals surface area contributed by atoms with Gasteiger partial charge in [-0.2, -0.15) is 0 Å². The van der Waals surface area contributed by atoms with Crippen LogP contribution in [0.2, 0.25) is 0 Å². The number of urea groups is 1. The molecule has 3 heterocycles. The highest BCUT2D eigenvalue weighted by molar-refractivity contribution is 5.89.